The minimum absolute atomic E-state index is 0.198. The third-order valence-electron chi connectivity index (χ3n) is 3.45. The van der Waals surface area contributed by atoms with Crippen LogP contribution in [-0.2, 0) is 20.1 Å². The highest BCUT2D eigenvalue weighted by atomic mass is 79.9. The molecule has 5 heteroatoms. The predicted octanol–water partition coefficient (Wildman–Crippen LogP) is 3.76. The number of nitrogens with one attached hydrogen (secondary N) is 1. The van der Waals surface area contributed by atoms with Crippen molar-refractivity contribution < 1.29 is 4.39 Å². The van der Waals surface area contributed by atoms with Crippen LogP contribution in [0.5, 0.6) is 0 Å². The number of rotatable bonds is 4. The normalized spacial score (nSPS) is 11.2. The van der Waals surface area contributed by atoms with Crippen molar-refractivity contribution in [1.29, 1.82) is 0 Å². The number of aryl methyl sites for hydroxylation is 1. The molecule has 0 aliphatic carbocycles. The summed E-state index contributed by atoms with van der Waals surface area (Å²) in [4.78, 5) is 0. The average molecular weight is 348 g/mol. The Balaban J connectivity index is 1.74. The Morgan fingerprint density at radius 3 is 2.86 bits per heavy atom. The molecule has 108 valence electrons. The Morgan fingerprint density at radius 2 is 2.00 bits per heavy atom. The Bertz CT molecular complexity index is 782. The van der Waals surface area contributed by atoms with Crippen molar-refractivity contribution in [1.82, 2.24) is 15.1 Å². The largest absolute Gasteiger partial charge is 0.307 e. The quantitative estimate of drug-likeness (QED) is 0.778. The van der Waals surface area contributed by atoms with E-state index in [-0.39, 0.29) is 5.82 Å². The lowest BCUT2D eigenvalue weighted by Gasteiger charge is -2.05. The summed E-state index contributed by atoms with van der Waals surface area (Å²) in [6, 6.07) is 13.1. The zero-order valence-corrected chi connectivity index (χ0v) is 13.2. The average Bonchev–Trinajstić information content (AvgIpc) is 2.80. The van der Waals surface area contributed by atoms with E-state index >= 15 is 0 Å². The number of para-hydroxylation sites is 1. The van der Waals surface area contributed by atoms with Crippen LogP contribution < -0.4 is 5.32 Å². The van der Waals surface area contributed by atoms with Gasteiger partial charge in [0.1, 0.15) is 5.82 Å². The summed E-state index contributed by atoms with van der Waals surface area (Å²) in [5.41, 5.74) is 2.72. The summed E-state index contributed by atoms with van der Waals surface area (Å²) in [6.45, 7) is 1.07. The number of aromatic nitrogens is 2. The van der Waals surface area contributed by atoms with E-state index in [0.29, 0.717) is 18.7 Å². The van der Waals surface area contributed by atoms with Gasteiger partial charge in [-0.25, -0.2) is 4.39 Å². The van der Waals surface area contributed by atoms with Crippen molar-refractivity contribution in [3.05, 3.63) is 64.0 Å². The molecule has 0 atom stereocenters. The van der Waals surface area contributed by atoms with Crippen molar-refractivity contribution in [2.75, 3.05) is 0 Å². The van der Waals surface area contributed by atoms with Gasteiger partial charge in [0.25, 0.3) is 0 Å². The molecule has 0 saturated heterocycles. The maximum Gasteiger partial charge on any atom is 0.127 e. The summed E-state index contributed by atoms with van der Waals surface area (Å²) in [5.74, 6) is -0.198. The van der Waals surface area contributed by atoms with E-state index in [1.54, 1.807) is 12.1 Å². The molecule has 0 aliphatic heterocycles. The Morgan fingerprint density at radius 1 is 1.19 bits per heavy atom. The van der Waals surface area contributed by atoms with Crippen LogP contribution in [0, 0.1) is 5.82 Å². The smallest absolute Gasteiger partial charge is 0.127 e. The van der Waals surface area contributed by atoms with Crippen LogP contribution in [0.3, 0.4) is 0 Å². The minimum atomic E-state index is -0.198. The van der Waals surface area contributed by atoms with Gasteiger partial charge in [0, 0.05) is 35.6 Å². The molecule has 0 saturated carbocycles. The molecule has 0 unspecified atom stereocenters. The minimum Gasteiger partial charge on any atom is -0.307 e. The number of halogens is 2. The Kier molecular flexibility index (Phi) is 4.03. The first kappa shape index (κ1) is 14.2. The van der Waals surface area contributed by atoms with Crippen molar-refractivity contribution in [2.45, 2.75) is 13.1 Å². The van der Waals surface area contributed by atoms with Crippen molar-refractivity contribution in [3.63, 3.8) is 0 Å². The van der Waals surface area contributed by atoms with Crippen molar-refractivity contribution >= 4 is 26.8 Å². The van der Waals surface area contributed by atoms with Crippen LogP contribution in [0.25, 0.3) is 10.9 Å². The van der Waals surface area contributed by atoms with Crippen LogP contribution in [0.15, 0.2) is 46.9 Å². The Hall–Kier alpha value is -1.72. The van der Waals surface area contributed by atoms with Gasteiger partial charge in [-0.2, -0.15) is 5.10 Å². The summed E-state index contributed by atoms with van der Waals surface area (Å²) < 4.78 is 16.4. The number of hydrogen-bond acceptors (Lipinski definition) is 2. The number of nitrogens with zero attached hydrogens (tertiary/aromatic N) is 2. The molecule has 0 spiro atoms. The molecular weight excluding hydrogens is 333 g/mol. The van der Waals surface area contributed by atoms with Gasteiger partial charge in [0.15, 0.2) is 0 Å². The molecule has 0 aliphatic rings. The highest BCUT2D eigenvalue weighted by Crippen LogP contribution is 2.18. The van der Waals surface area contributed by atoms with E-state index < -0.39 is 0 Å². The zero-order valence-electron chi connectivity index (χ0n) is 11.6. The van der Waals surface area contributed by atoms with Gasteiger partial charge in [-0.15, -0.1) is 0 Å². The zero-order chi connectivity index (χ0) is 14.8. The lowest BCUT2D eigenvalue weighted by molar-refractivity contribution is 0.584. The molecule has 21 heavy (non-hydrogen) atoms. The van der Waals surface area contributed by atoms with E-state index in [9.17, 15) is 4.39 Å². The van der Waals surface area contributed by atoms with Gasteiger partial charge in [-0.1, -0.05) is 34.1 Å². The highest BCUT2D eigenvalue weighted by Gasteiger charge is 2.08. The fourth-order valence-electron chi connectivity index (χ4n) is 2.41. The van der Waals surface area contributed by atoms with Crippen molar-refractivity contribution in [3.8, 4) is 0 Å². The van der Waals surface area contributed by atoms with Crippen LogP contribution in [0.1, 0.15) is 11.3 Å². The lowest BCUT2D eigenvalue weighted by atomic mass is 10.2. The Labute approximate surface area is 130 Å². The van der Waals surface area contributed by atoms with Crippen LogP contribution in [0.2, 0.25) is 0 Å². The lowest BCUT2D eigenvalue weighted by Crippen LogP contribution is -2.14. The second kappa shape index (κ2) is 5.95. The third-order valence-corrected chi connectivity index (χ3v) is 3.94. The molecule has 0 bridgehead atoms. The second-order valence-corrected chi connectivity index (χ2v) is 5.84. The molecule has 3 rings (SSSR count). The summed E-state index contributed by atoms with van der Waals surface area (Å²) in [7, 11) is 1.93. The van der Waals surface area contributed by atoms with Crippen LogP contribution in [-0.4, -0.2) is 9.78 Å². The summed E-state index contributed by atoms with van der Waals surface area (Å²) in [5, 5.41) is 8.89. The van der Waals surface area contributed by atoms with Gasteiger partial charge in [-0.3, -0.25) is 4.68 Å². The SMILES string of the molecule is Cn1nc(CNCc2cc(Br)ccc2F)c2ccccc21. The maximum atomic E-state index is 13.7. The maximum absolute atomic E-state index is 13.7. The van der Waals surface area contributed by atoms with Gasteiger partial charge < -0.3 is 5.32 Å². The summed E-state index contributed by atoms with van der Waals surface area (Å²) >= 11 is 3.36. The van der Waals surface area contributed by atoms with E-state index in [1.165, 1.54) is 6.07 Å². The molecular formula is C16H15BrFN3. The standard InChI is InChI=1S/C16H15BrFN3/c1-21-16-5-3-2-4-13(16)15(20-21)10-19-9-11-8-12(17)6-7-14(11)18/h2-8,19H,9-10H2,1H3. The molecule has 2 aromatic carbocycles. The predicted molar refractivity (Wildman–Crippen MR) is 85.4 cm³/mol. The fourth-order valence-corrected chi connectivity index (χ4v) is 2.82. The van der Waals surface area contributed by atoms with E-state index in [1.807, 2.05) is 29.9 Å². The van der Waals surface area contributed by atoms with E-state index in [0.717, 1.165) is 21.1 Å². The van der Waals surface area contributed by atoms with Crippen LogP contribution in [0.4, 0.5) is 4.39 Å². The molecule has 3 nitrogen and oxygen atoms in total. The van der Waals surface area contributed by atoms with Crippen molar-refractivity contribution in [2.24, 2.45) is 7.05 Å². The molecule has 0 fully saturated rings. The molecule has 1 aromatic heterocycles. The topological polar surface area (TPSA) is 29.9 Å². The molecule has 0 radical (unpaired) electrons. The van der Waals surface area contributed by atoms with Gasteiger partial charge in [-0.05, 0) is 24.3 Å². The molecule has 0 amide bonds. The van der Waals surface area contributed by atoms with E-state index in [2.05, 4.69) is 32.4 Å². The van der Waals surface area contributed by atoms with Gasteiger partial charge >= 0.3 is 0 Å². The monoisotopic (exact) mass is 347 g/mol. The van der Waals surface area contributed by atoms with Crippen LogP contribution >= 0.6 is 15.9 Å². The number of benzene rings is 2. The van der Waals surface area contributed by atoms with Gasteiger partial charge in [0.2, 0.25) is 0 Å². The van der Waals surface area contributed by atoms with E-state index in [4.69, 9.17) is 0 Å². The highest BCUT2D eigenvalue weighted by molar-refractivity contribution is 9.10. The molecule has 1 heterocycles. The number of fused-ring (bicyclic) bond motifs is 1. The molecule has 3 aromatic rings. The first-order chi connectivity index (χ1) is 10.1. The van der Waals surface area contributed by atoms with Gasteiger partial charge in [0.05, 0.1) is 11.2 Å². The summed E-state index contributed by atoms with van der Waals surface area (Å²) in [6.07, 6.45) is 0. The first-order valence-corrected chi connectivity index (χ1v) is 7.49. The third kappa shape index (κ3) is 2.99. The molecule has 1 N–H and O–H groups in total. The fraction of sp³-hybridized carbons (Fsp3) is 0.188. The number of hydrogen-bond donors (Lipinski definition) is 1. The second-order valence-electron chi connectivity index (χ2n) is 4.93. The first-order valence-electron chi connectivity index (χ1n) is 6.70.